The summed E-state index contributed by atoms with van der Waals surface area (Å²) in [5.74, 6) is -0.357. The van der Waals surface area contributed by atoms with Crippen LogP contribution in [0.4, 0.5) is 0 Å². The number of carboxylic acids is 1. The number of furan rings is 1. The number of benzene rings is 1. The van der Waals surface area contributed by atoms with Crippen molar-refractivity contribution in [2.45, 2.75) is 33.2 Å². The largest absolute Gasteiger partial charge is 0.479 e. The highest BCUT2D eigenvalue weighted by Gasteiger charge is 2.24. The van der Waals surface area contributed by atoms with Crippen LogP contribution < -0.4 is 5.32 Å². The van der Waals surface area contributed by atoms with E-state index < -0.39 is 17.9 Å². The molecule has 140 valence electrons. The first kappa shape index (κ1) is 18.4. The average molecular weight is 368 g/mol. The molecule has 1 atom stereocenters. The lowest BCUT2D eigenvalue weighted by Gasteiger charge is -2.16. The number of aliphatic carboxylic acids is 1. The van der Waals surface area contributed by atoms with E-state index >= 15 is 0 Å². The molecule has 2 N–H and O–H groups in total. The number of carbonyl (C=O) groups is 2. The summed E-state index contributed by atoms with van der Waals surface area (Å²) in [6.07, 6.45) is 1.41. The number of hydrogen-bond donors (Lipinski definition) is 2. The summed E-state index contributed by atoms with van der Waals surface area (Å²) in [5, 5.41) is 12.1. The zero-order valence-corrected chi connectivity index (χ0v) is 15.3. The molecular weight excluding hydrogens is 348 g/mol. The summed E-state index contributed by atoms with van der Waals surface area (Å²) in [7, 11) is 0. The summed E-state index contributed by atoms with van der Waals surface area (Å²) in [4.78, 5) is 28.3. The molecule has 0 saturated carbocycles. The molecule has 2 heterocycles. The Hall–Kier alpha value is -3.35. The third-order valence-electron chi connectivity index (χ3n) is 4.37. The number of carbonyl (C=O) groups excluding carboxylic acids is 1. The number of aryl methyl sites for hydroxylation is 3. The van der Waals surface area contributed by atoms with Gasteiger partial charge in [0.2, 0.25) is 5.91 Å². The second-order valence-corrected chi connectivity index (χ2v) is 6.36. The standard InChI is InChI=1S/C20H20N2O5/c1-11-6-7-14(9-12(11)2)18(20(24)25)22-17(23)10-15-13(3)27-19(21-15)16-5-4-8-26-16/h4-9,18H,10H2,1-3H3,(H,22,23)(H,24,25). The molecule has 0 aliphatic rings. The van der Waals surface area contributed by atoms with E-state index in [1.54, 1.807) is 31.2 Å². The Bertz CT molecular complexity index is 972. The fourth-order valence-corrected chi connectivity index (χ4v) is 2.69. The maximum absolute atomic E-state index is 12.4. The van der Waals surface area contributed by atoms with Crippen LogP contribution in [0.3, 0.4) is 0 Å². The minimum absolute atomic E-state index is 0.0926. The molecule has 7 nitrogen and oxygen atoms in total. The summed E-state index contributed by atoms with van der Waals surface area (Å²) < 4.78 is 10.8. The van der Waals surface area contributed by atoms with Crippen LogP contribution in [0.25, 0.3) is 11.7 Å². The molecule has 27 heavy (non-hydrogen) atoms. The number of amides is 1. The van der Waals surface area contributed by atoms with E-state index in [9.17, 15) is 14.7 Å². The Morgan fingerprint density at radius 3 is 2.59 bits per heavy atom. The molecule has 3 aromatic rings. The van der Waals surface area contributed by atoms with Crippen LogP contribution in [0.15, 0.2) is 45.4 Å². The van der Waals surface area contributed by atoms with Crippen LogP contribution >= 0.6 is 0 Å². The van der Waals surface area contributed by atoms with Crippen molar-refractivity contribution in [3.63, 3.8) is 0 Å². The van der Waals surface area contributed by atoms with E-state index in [2.05, 4.69) is 10.3 Å². The zero-order chi connectivity index (χ0) is 19.6. The highest BCUT2D eigenvalue weighted by Crippen LogP contribution is 2.23. The van der Waals surface area contributed by atoms with Gasteiger partial charge in [0.15, 0.2) is 11.8 Å². The number of carboxylic acid groups (broad SMARTS) is 1. The molecule has 2 aromatic heterocycles. The van der Waals surface area contributed by atoms with Crippen LogP contribution in [0.5, 0.6) is 0 Å². The minimum Gasteiger partial charge on any atom is -0.479 e. The van der Waals surface area contributed by atoms with E-state index in [0.717, 1.165) is 11.1 Å². The van der Waals surface area contributed by atoms with Gasteiger partial charge < -0.3 is 19.3 Å². The van der Waals surface area contributed by atoms with Crippen molar-refractivity contribution in [3.8, 4) is 11.7 Å². The predicted molar refractivity (Wildman–Crippen MR) is 97.1 cm³/mol. The summed E-state index contributed by atoms with van der Waals surface area (Å²) in [6, 6.07) is 7.60. The number of nitrogens with one attached hydrogen (secondary N) is 1. The Kier molecular flexibility index (Phi) is 5.12. The fraction of sp³-hybridized carbons (Fsp3) is 0.250. The number of rotatable bonds is 6. The van der Waals surface area contributed by atoms with Crippen molar-refractivity contribution in [3.05, 3.63) is 64.7 Å². The normalized spacial score (nSPS) is 12.0. The van der Waals surface area contributed by atoms with Gasteiger partial charge in [0, 0.05) is 0 Å². The topological polar surface area (TPSA) is 106 Å². The molecule has 1 unspecified atom stereocenters. The molecule has 1 aromatic carbocycles. The van der Waals surface area contributed by atoms with Crippen LogP contribution in [0.2, 0.25) is 0 Å². The summed E-state index contributed by atoms with van der Waals surface area (Å²) in [5.41, 5.74) is 2.97. The van der Waals surface area contributed by atoms with Crippen molar-refractivity contribution in [1.82, 2.24) is 10.3 Å². The number of nitrogens with zero attached hydrogens (tertiary/aromatic N) is 1. The Balaban J connectivity index is 1.75. The molecule has 0 spiro atoms. The monoisotopic (exact) mass is 368 g/mol. The van der Waals surface area contributed by atoms with E-state index in [1.807, 2.05) is 19.9 Å². The van der Waals surface area contributed by atoms with Gasteiger partial charge in [-0.15, -0.1) is 0 Å². The number of hydrogen-bond acceptors (Lipinski definition) is 5. The van der Waals surface area contributed by atoms with Crippen molar-refractivity contribution >= 4 is 11.9 Å². The molecular formula is C20H20N2O5. The lowest BCUT2D eigenvalue weighted by molar-refractivity contribution is -0.142. The third-order valence-corrected chi connectivity index (χ3v) is 4.37. The van der Waals surface area contributed by atoms with E-state index in [-0.39, 0.29) is 12.3 Å². The molecule has 0 fully saturated rings. The van der Waals surface area contributed by atoms with Gasteiger partial charge in [-0.05, 0) is 49.6 Å². The summed E-state index contributed by atoms with van der Waals surface area (Å²) in [6.45, 7) is 5.53. The zero-order valence-electron chi connectivity index (χ0n) is 15.3. The van der Waals surface area contributed by atoms with Crippen LogP contribution in [-0.4, -0.2) is 22.0 Å². The van der Waals surface area contributed by atoms with E-state index in [1.165, 1.54) is 6.26 Å². The van der Waals surface area contributed by atoms with Crippen LogP contribution in [0, 0.1) is 20.8 Å². The first-order valence-electron chi connectivity index (χ1n) is 8.44. The minimum atomic E-state index is -1.13. The van der Waals surface area contributed by atoms with E-state index in [4.69, 9.17) is 8.83 Å². The number of aromatic nitrogens is 1. The molecule has 0 radical (unpaired) electrons. The Labute approximate surface area is 156 Å². The molecule has 0 saturated heterocycles. The Morgan fingerprint density at radius 2 is 1.96 bits per heavy atom. The molecule has 7 heteroatoms. The second kappa shape index (κ2) is 7.49. The highest BCUT2D eigenvalue weighted by atomic mass is 16.4. The van der Waals surface area contributed by atoms with Crippen LogP contribution in [-0.2, 0) is 16.0 Å². The molecule has 0 aliphatic heterocycles. The smallest absolute Gasteiger partial charge is 0.330 e. The SMILES string of the molecule is Cc1ccc(C(NC(=O)Cc2nc(-c3ccco3)oc2C)C(=O)O)cc1C. The van der Waals surface area contributed by atoms with Gasteiger partial charge in [-0.25, -0.2) is 9.78 Å². The quantitative estimate of drug-likeness (QED) is 0.691. The van der Waals surface area contributed by atoms with Crippen molar-refractivity contribution < 1.29 is 23.5 Å². The fourth-order valence-electron chi connectivity index (χ4n) is 2.69. The third kappa shape index (κ3) is 4.08. The second-order valence-electron chi connectivity index (χ2n) is 6.36. The molecule has 1 amide bonds. The van der Waals surface area contributed by atoms with Gasteiger partial charge in [-0.1, -0.05) is 18.2 Å². The molecule has 0 bridgehead atoms. The van der Waals surface area contributed by atoms with Crippen molar-refractivity contribution in [2.75, 3.05) is 0 Å². The van der Waals surface area contributed by atoms with Gasteiger partial charge in [0.25, 0.3) is 5.89 Å². The summed E-state index contributed by atoms with van der Waals surface area (Å²) >= 11 is 0. The number of oxazole rings is 1. The Morgan fingerprint density at radius 1 is 1.19 bits per heavy atom. The van der Waals surface area contributed by atoms with Gasteiger partial charge in [-0.3, -0.25) is 4.79 Å². The van der Waals surface area contributed by atoms with E-state index in [0.29, 0.717) is 22.8 Å². The van der Waals surface area contributed by atoms with Crippen molar-refractivity contribution in [1.29, 1.82) is 0 Å². The predicted octanol–water partition coefficient (Wildman–Crippen LogP) is 3.34. The highest BCUT2D eigenvalue weighted by molar-refractivity contribution is 5.85. The maximum atomic E-state index is 12.4. The van der Waals surface area contributed by atoms with Crippen LogP contribution in [0.1, 0.15) is 34.2 Å². The van der Waals surface area contributed by atoms with Gasteiger partial charge in [-0.2, -0.15) is 0 Å². The van der Waals surface area contributed by atoms with Gasteiger partial charge in [0.05, 0.1) is 18.4 Å². The van der Waals surface area contributed by atoms with Crippen molar-refractivity contribution in [2.24, 2.45) is 0 Å². The molecule has 0 aliphatic carbocycles. The maximum Gasteiger partial charge on any atom is 0.330 e. The lowest BCUT2D eigenvalue weighted by atomic mass is 10.0. The molecule has 3 rings (SSSR count). The lowest BCUT2D eigenvalue weighted by Crippen LogP contribution is -2.35. The average Bonchev–Trinajstić information content (AvgIpc) is 3.25. The van der Waals surface area contributed by atoms with Gasteiger partial charge >= 0.3 is 5.97 Å². The first-order valence-corrected chi connectivity index (χ1v) is 8.44. The first-order chi connectivity index (χ1) is 12.8. The van der Waals surface area contributed by atoms with Gasteiger partial charge in [0.1, 0.15) is 5.76 Å².